The number of anilines is 1. The van der Waals surface area contributed by atoms with Gasteiger partial charge < -0.3 is 20.2 Å². The molecule has 3 N–H and O–H groups in total. The minimum Gasteiger partial charge on any atom is -0.451 e. The fourth-order valence-electron chi connectivity index (χ4n) is 2.07. The lowest BCUT2D eigenvalue weighted by atomic mass is 10.1. The van der Waals surface area contributed by atoms with Crippen LogP contribution in [-0.4, -0.2) is 26.2 Å². The monoisotopic (exact) mass is 288 g/mol. The summed E-state index contributed by atoms with van der Waals surface area (Å²) >= 11 is 0. The maximum atomic E-state index is 11.9. The van der Waals surface area contributed by atoms with E-state index >= 15 is 0 Å². The highest BCUT2D eigenvalue weighted by molar-refractivity contribution is 5.92. The first-order valence-electron chi connectivity index (χ1n) is 6.85. The summed E-state index contributed by atoms with van der Waals surface area (Å²) in [6, 6.07) is 9.06. The molecule has 2 rings (SSSR count). The molecule has 0 aliphatic heterocycles. The number of ether oxygens (including phenoxy) is 1. The van der Waals surface area contributed by atoms with Crippen molar-refractivity contribution in [1.29, 1.82) is 0 Å². The average Bonchev–Trinajstić information content (AvgIpc) is 2.93. The number of nitrogens with one attached hydrogen (secondary N) is 1. The van der Waals surface area contributed by atoms with Gasteiger partial charge in [0.05, 0.1) is 0 Å². The molecule has 0 spiro atoms. The number of rotatable bonds is 6. The maximum Gasteiger partial charge on any atom is 0.287 e. The lowest BCUT2D eigenvalue weighted by Crippen LogP contribution is -2.24. The molecule has 5 nitrogen and oxygen atoms in total. The molecule has 1 heterocycles. The highest BCUT2D eigenvalue weighted by Gasteiger charge is 2.13. The zero-order valence-corrected chi connectivity index (χ0v) is 12.3. The van der Waals surface area contributed by atoms with E-state index in [0.717, 1.165) is 17.5 Å². The SMILES string of the molecule is COCCCNC(=O)c1ccc(-c2ccc(N)cc2C)o1. The molecule has 0 atom stereocenters. The van der Waals surface area contributed by atoms with Crippen LogP contribution < -0.4 is 11.1 Å². The van der Waals surface area contributed by atoms with Crippen molar-refractivity contribution in [2.24, 2.45) is 0 Å². The van der Waals surface area contributed by atoms with Crippen LogP contribution in [0.25, 0.3) is 11.3 Å². The number of carbonyl (C=O) groups is 1. The van der Waals surface area contributed by atoms with Crippen molar-refractivity contribution < 1.29 is 13.9 Å². The van der Waals surface area contributed by atoms with Crippen molar-refractivity contribution in [2.75, 3.05) is 26.0 Å². The Hall–Kier alpha value is -2.27. The molecule has 1 aromatic carbocycles. The van der Waals surface area contributed by atoms with Crippen LogP contribution in [0.15, 0.2) is 34.7 Å². The van der Waals surface area contributed by atoms with Gasteiger partial charge in [-0.25, -0.2) is 0 Å². The Morgan fingerprint density at radius 3 is 2.86 bits per heavy atom. The standard InChI is InChI=1S/C16H20N2O3/c1-11-10-12(17)4-5-13(11)14-6-7-15(21-14)16(19)18-8-3-9-20-2/h4-7,10H,3,8-9,17H2,1-2H3,(H,18,19). The Morgan fingerprint density at radius 2 is 2.14 bits per heavy atom. The Kier molecular flexibility index (Phi) is 5.00. The smallest absolute Gasteiger partial charge is 0.287 e. The summed E-state index contributed by atoms with van der Waals surface area (Å²) < 4.78 is 10.6. The number of furan rings is 1. The molecule has 0 unspecified atom stereocenters. The van der Waals surface area contributed by atoms with Crippen molar-refractivity contribution in [3.05, 3.63) is 41.7 Å². The molecule has 0 aliphatic carbocycles. The van der Waals surface area contributed by atoms with Crippen molar-refractivity contribution in [1.82, 2.24) is 5.32 Å². The summed E-state index contributed by atoms with van der Waals surface area (Å²) in [5, 5.41) is 2.79. The third-order valence-electron chi connectivity index (χ3n) is 3.16. The van der Waals surface area contributed by atoms with Crippen molar-refractivity contribution in [3.8, 4) is 11.3 Å². The van der Waals surface area contributed by atoms with Crippen LogP contribution in [0.1, 0.15) is 22.5 Å². The van der Waals surface area contributed by atoms with Gasteiger partial charge in [-0.05, 0) is 49.2 Å². The second-order valence-electron chi connectivity index (χ2n) is 4.84. The molecular formula is C16H20N2O3. The minimum absolute atomic E-state index is 0.217. The van der Waals surface area contributed by atoms with Crippen LogP contribution in [-0.2, 0) is 4.74 Å². The highest BCUT2D eigenvalue weighted by atomic mass is 16.5. The third kappa shape index (κ3) is 3.86. The van der Waals surface area contributed by atoms with Gasteiger partial charge in [0.25, 0.3) is 5.91 Å². The van der Waals surface area contributed by atoms with Crippen LogP contribution in [0, 0.1) is 6.92 Å². The van der Waals surface area contributed by atoms with Crippen LogP contribution >= 0.6 is 0 Å². The molecule has 0 saturated heterocycles. The predicted molar refractivity (Wildman–Crippen MR) is 82.1 cm³/mol. The second kappa shape index (κ2) is 6.95. The quantitative estimate of drug-likeness (QED) is 0.632. The molecule has 0 aliphatic rings. The topological polar surface area (TPSA) is 77.5 Å². The first-order chi connectivity index (χ1) is 10.1. The van der Waals surface area contributed by atoms with E-state index in [1.807, 2.05) is 25.1 Å². The molecule has 1 amide bonds. The summed E-state index contributed by atoms with van der Waals surface area (Å²) in [7, 11) is 1.63. The Bertz CT molecular complexity index is 620. The van der Waals surface area contributed by atoms with E-state index in [9.17, 15) is 4.79 Å². The van der Waals surface area contributed by atoms with E-state index in [1.165, 1.54) is 0 Å². The van der Waals surface area contributed by atoms with E-state index < -0.39 is 0 Å². The molecule has 2 aromatic rings. The minimum atomic E-state index is -0.217. The first-order valence-corrected chi connectivity index (χ1v) is 6.85. The number of aryl methyl sites for hydroxylation is 1. The van der Waals surface area contributed by atoms with E-state index in [-0.39, 0.29) is 5.91 Å². The van der Waals surface area contributed by atoms with Gasteiger partial charge in [0, 0.05) is 31.5 Å². The van der Waals surface area contributed by atoms with Crippen molar-refractivity contribution in [2.45, 2.75) is 13.3 Å². The molecular weight excluding hydrogens is 268 g/mol. The molecule has 0 fully saturated rings. The van der Waals surface area contributed by atoms with Gasteiger partial charge in [0.1, 0.15) is 5.76 Å². The summed E-state index contributed by atoms with van der Waals surface area (Å²) in [5.74, 6) is 0.749. The number of nitrogens with two attached hydrogens (primary N) is 1. The number of methoxy groups -OCH3 is 1. The molecule has 21 heavy (non-hydrogen) atoms. The van der Waals surface area contributed by atoms with Gasteiger partial charge in [-0.3, -0.25) is 4.79 Å². The number of amides is 1. The predicted octanol–water partition coefficient (Wildman–Crippen LogP) is 2.60. The zero-order chi connectivity index (χ0) is 15.2. The van der Waals surface area contributed by atoms with Gasteiger partial charge >= 0.3 is 0 Å². The Labute approximate surface area is 124 Å². The molecule has 0 radical (unpaired) electrons. The lowest BCUT2D eigenvalue weighted by Gasteiger charge is -2.04. The van der Waals surface area contributed by atoms with E-state index in [0.29, 0.717) is 30.4 Å². The van der Waals surface area contributed by atoms with Crippen LogP contribution in [0.4, 0.5) is 5.69 Å². The molecule has 1 aromatic heterocycles. The van der Waals surface area contributed by atoms with E-state index in [1.54, 1.807) is 19.2 Å². The van der Waals surface area contributed by atoms with Crippen LogP contribution in [0.3, 0.4) is 0 Å². The Morgan fingerprint density at radius 1 is 1.33 bits per heavy atom. The molecule has 0 bridgehead atoms. The second-order valence-corrected chi connectivity index (χ2v) is 4.84. The van der Waals surface area contributed by atoms with Gasteiger partial charge in [0.15, 0.2) is 5.76 Å². The first kappa shape index (κ1) is 15.1. The lowest BCUT2D eigenvalue weighted by molar-refractivity contribution is 0.0922. The number of hydrogen-bond acceptors (Lipinski definition) is 4. The van der Waals surface area contributed by atoms with Gasteiger partial charge in [-0.1, -0.05) is 0 Å². The summed E-state index contributed by atoms with van der Waals surface area (Å²) in [5.41, 5.74) is 8.38. The summed E-state index contributed by atoms with van der Waals surface area (Å²) in [6.45, 7) is 3.14. The van der Waals surface area contributed by atoms with Gasteiger partial charge in [0.2, 0.25) is 0 Å². The van der Waals surface area contributed by atoms with Gasteiger partial charge in [-0.15, -0.1) is 0 Å². The van der Waals surface area contributed by atoms with Gasteiger partial charge in [-0.2, -0.15) is 0 Å². The fraction of sp³-hybridized carbons (Fsp3) is 0.312. The zero-order valence-electron chi connectivity index (χ0n) is 12.3. The van der Waals surface area contributed by atoms with E-state index in [4.69, 9.17) is 14.9 Å². The fourth-order valence-corrected chi connectivity index (χ4v) is 2.07. The van der Waals surface area contributed by atoms with Crippen LogP contribution in [0.2, 0.25) is 0 Å². The average molecular weight is 288 g/mol. The normalized spacial score (nSPS) is 10.6. The Balaban J connectivity index is 2.05. The number of benzene rings is 1. The maximum absolute atomic E-state index is 11.9. The third-order valence-corrected chi connectivity index (χ3v) is 3.16. The largest absolute Gasteiger partial charge is 0.451 e. The number of carbonyl (C=O) groups excluding carboxylic acids is 1. The summed E-state index contributed by atoms with van der Waals surface area (Å²) in [6.07, 6.45) is 0.771. The van der Waals surface area contributed by atoms with Crippen molar-refractivity contribution in [3.63, 3.8) is 0 Å². The highest BCUT2D eigenvalue weighted by Crippen LogP contribution is 2.26. The van der Waals surface area contributed by atoms with Crippen LogP contribution in [0.5, 0.6) is 0 Å². The molecule has 5 heteroatoms. The van der Waals surface area contributed by atoms with Crippen molar-refractivity contribution >= 4 is 11.6 Å². The number of nitrogen functional groups attached to an aromatic ring is 1. The number of hydrogen-bond donors (Lipinski definition) is 2. The summed E-state index contributed by atoms with van der Waals surface area (Å²) in [4.78, 5) is 11.9. The molecule has 0 saturated carbocycles. The molecule has 112 valence electrons. The van der Waals surface area contributed by atoms with E-state index in [2.05, 4.69) is 5.32 Å².